The molecule has 2 unspecified atom stereocenters. The van der Waals surface area contributed by atoms with Crippen molar-refractivity contribution >= 4 is 10.9 Å². The molecule has 138 valence electrons. The van der Waals surface area contributed by atoms with Crippen LogP contribution in [0.25, 0.3) is 10.9 Å². The Labute approximate surface area is 161 Å². The number of nitrogens with zero attached hydrogens (tertiary/aromatic N) is 1. The second-order valence-corrected chi connectivity index (χ2v) is 7.69. The minimum atomic E-state index is -0.563. The average Bonchev–Trinajstić information content (AvgIpc) is 3.49. The van der Waals surface area contributed by atoms with Crippen molar-refractivity contribution in [1.82, 2.24) is 4.57 Å². The number of hydrogen-bond acceptors (Lipinski definition) is 1. The van der Waals surface area contributed by atoms with E-state index < -0.39 is 6.10 Å². The Bertz CT molecular complexity index is 987. The highest BCUT2D eigenvalue weighted by Crippen LogP contribution is 2.53. The first kappa shape index (κ1) is 17.9. The van der Waals surface area contributed by atoms with E-state index in [0.29, 0.717) is 5.92 Å². The van der Waals surface area contributed by atoms with Gasteiger partial charge in [-0.25, -0.2) is 0 Å². The van der Waals surface area contributed by atoms with E-state index >= 15 is 0 Å². The molecule has 0 radical (unpaired) electrons. The molecule has 1 aliphatic rings. The van der Waals surface area contributed by atoms with Gasteiger partial charge in [0.05, 0.1) is 5.41 Å². The Morgan fingerprint density at radius 2 is 1.81 bits per heavy atom. The second kappa shape index (κ2) is 7.25. The topological polar surface area (TPSA) is 25.2 Å². The molecule has 0 bridgehead atoms. The molecule has 4 rings (SSSR count). The van der Waals surface area contributed by atoms with Crippen molar-refractivity contribution in [2.75, 3.05) is 0 Å². The third-order valence-electron chi connectivity index (χ3n) is 5.74. The molecule has 2 heteroatoms. The quantitative estimate of drug-likeness (QED) is 0.636. The number of benzene rings is 2. The van der Waals surface area contributed by atoms with Gasteiger partial charge in [0, 0.05) is 29.7 Å². The fourth-order valence-corrected chi connectivity index (χ4v) is 4.27. The van der Waals surface area contributed by atoms with Gasteiger partial charge in [0.15, 0.2) is 0 Å². The standard InChI is InChI=1S/C25H27NO/c1-3-9-21(27)16-17-25(20-14-15-20,19-10-5-4-6-11-19)23-18-26(2)24-13-8-7-12-22(23)24/h4-8,10-13,18,20-21,27H,3,9,14-15H2,1-2H3. The summed E-state index contributed by atoms with van der Waals surface area (Å²) in [5.74, 6) is 7.31. The summed E-state index contributed by atoms with van der Waals surface area (Å²) in [4.78, 5) is 0. The lowest BCUT2D eigenvalue weighted by molar-refractivity contribution is 0.220. The highest BCUT2D eigenvalue weighted by atomic mass is 16.3. The molecule has 0 saturated heterocycles. The predicted octanol–water partition coefficient (Wildman–Crippen LogP) is 5.04. The van der Waals surface area contributed by atoms with Crippen LogP contribution in [-0.2, 0) is 12.5 Å². The highest BCUT2D eigenvalue weighted by Gasteiger charge is 2.48. The molecule has 0 aliphatic heterocycles. The van der Waals surface area contributed by atoms with E-state index in [1.807, 2.05) is 0 Å². The normalized spacial score (nSPS) is 17.1. The van der Waals surface area contributed by atoms with E-state index in [0.717, 1.165) is 12.8 Å². The molecule has 1 aromatic heterocycles. The molecule has 0 amide bonds. The monoisotopic (exact) mass is 357 g/mol. The van der Waals surface area contributed by atoms with E-state index in [-0.39, 0.29) is 5.41 Å². The molecule has 2 nitrogen and oxygen atoms in total. The Morgan fingerprint density at radius 3 is 2.52 bits per heavy atom. The van der Waals surface area contributed by atoms with Gasteiger partial charge < -0.3 is 9.67 Å². The van der Waals surface area contributed by atoms with Gasteiger partial charge in [-0.05, 0) is 36.8 Å². The maximum Gasteiger partial charge on any atom is 0.114 e. The lowest BCUT2D eigenvalue weighted by Gasteiger charge is -2.30. The van der Waals surface area contributed by atoms with Crippen LogP contribution in [0.15, 0.2) is 60.8 Å². The second-order valence-electron chi connectivity index (χ2n) is 7.69. The number of fused-ring (bicyclic) bond motifs is 1. The fourth-order valence-electron chi connectivity index (χ4n) is 4.27. The number of aryl methyl sites for hydroxylation is 1. The zero-order chi connectivity index (χ0) is 18.9. The summed E-state index contributed by atoms with van der Waals surface area (Å²) < 4.78 is 2.20. The summed E-state index contributed by atoms with van der Waals surface area (Å²) in [7, 11) is 2.11. The fraction of sp³-hybridized carbons (Fsp3) is 0.360. The van der Waals surface area contributed by atoms with Crippen LogP contribution in [0.2, 0.25) is 0 Å². The van der Waals surface area contributed by atoms with Crippen LogP contribution in [-0.4, -0.2) is 15.8 Å². The van der Waals surface area contributed by atoms with Gasteiger partial charge in [0.1, 0.15) is 6.10 Å². The Balaban J connectivity index is 1.98. The number of aliphatic hydroxyl groups excluding tert-OH is 1. The first-order valence-electron chi connectivity index (χ1n) is 9.97. The summed E-state index contributed by atoms with van der Waals surface area (Å²) in [6.45, 7) is 2.08. The molecular weight excluding hydrogens is 330 g/mol. The van der Waals surface area contributed by atoms with Crippen LogP contribution in [0.5, 0.6) is 0 Å². The molecular formula is C25H27NO. The number of para-hydroxylation sites is 1. The average molecular weight is 357 g/mol. The van der Waals surface area contributed by atoms with Crippen LogP contribution >= 0.6 is 0 Å². The molecule has 2 aromatic carbocycles. The largest absolute Gasteiger partial charge is 0.380 e. The minimum absolute atomic E-state index is 0.364. The highest BCUT2D eigenvalue weighted by molar-refractivity contribution is 5.86. The van der Waals surface area contributed by atoms with Gasteiger partial charge in [-0.15, -0.1) is 0 Å². The molecule has 1 saturated carbocycles. The van der Waals surface area contributed by atoms with Gasteiger partial charge >= 0.3 is 0 Å². The molecule has 3 aromatic rings. The van der Waals surface area contributed by atoms with E-state index in [1.165, 1.54) is 34.9 Å². The zero-order valence-electron chi connectivity index (χ0n) is 16.2. The Kier molecular flexibility index (Phi) is 4.81. The van der Waals surface area contributed by atoms with Crippen molar-refractivity contribution in [2.45, 2.75) is 44.1 Å². The van der Waals surface area contributed by atoms with Gasteiger partial charge in [-0.1, -0.05) is 73.7 Å². The van der Waals surface area contributed by atoms with Crippen molar-refractivity contribution in [3.05, 3.63) is 71.9 Å². The molecule has 0 spiro atoms. The van der Waals surface area contributed by atoms with Crippen LogP contribution in [0.1, 0.15) is 43.7 Å². The molecule has 1 N–H and O–H groups in total. The summed E-state index contributed by atoms with van der Waals surface area (Å²) in [6, 6.07) is 19.2. The van der Waals surface area contributed by atoms with E-state index in [1.54, 1.807) is 0 Å². The van der Waals surface area contributed by atoms with Gasteiger partial charge in [-0.3, -0.25) is 0 Å². The molecule has 2 atom stereocenters. The van der Waals surface area contributed by atoms with Gasteiger partial charge in [-0.2, -0.15) is 0 Å². The number of aromatic nitrogens is 1. The van der Waals surface area contributed by atoms with E-state index in [4.69, 9.17) is 0 Å². The number of hydrogen-bond donors (Lipinski definition) is 1. The third kappa shape index (κ3) is 3.17. The van der Waals surface area contributed by atoms with Crippen molar-refractivity contribution in [3.63, 3.8) is 0 Å². The van der Waals surface area contributed by atoms with Crippen LogP contribution < -0.4 is 0 Å². The Hall–Kier alpha value is -2.50. The van der Waals surface area contributed by atoms with Crippen molar-refractivity contribution < 1.29 is 5.11 Å². The predicted molar refractivity (Wildman–Crippen MR) is 112 cm³/mol. The smallest absolute Gasteiger partial charge is 0.114 e. The first-order chi connectivity index (χ1) is 13.2. The summed E-state index contributed by atoms with van der Waals surface area (Å²) in [5, 5.41) is 11.6. The number of rotatable bonds is 5. The molecule has 27 heavy (non-hydrogen) atoms. The maximum absolute atomic E-state index is 10.3. The van der Waals surface area contributed by atoms with Crippen molar-refractivity contribution in [1.29, 1.82) is 0 Å². The van der Waals surface area contributed by atoms with Crippen molar-refractivity contribution in [2.24, 2.45) is 13.0 Å². The molecule has 1 heterocycles. The van der Waals surface area contributed by atoms with Crippen LogP contribution in [0.4, 0.5) is 0 Å². The van der Waals surface area contributed by atoms with Crippen molar-refractivity contribution in [3.8, 4) is 11.8 Å². The minimum Gasteiger partial charge on any atom is -0.380 e. The molecule has 1 fully saturated rings. The summed E-state index contributed by atoms with van der Waals surface area (Å²) in [5.41, 5.74) is 3.37. The SMILES string of the molecule is CCCC(O)C#CC(c1ccccc1)(c1cn(C)c2ccccc12)C1CC1. The van der Waals surface area contributed by atoms with E-state index in [2.05, 4.69) is 91.2 Å². The van der Waals surface area contributed by atoms with E-state index in [9.17, 15) is 5.11 Å². The zero-order valence-corrected chi connectivity index (χ0v) is 16.2. The maximum atomic E-state index is 10.3. The van der Waals surface area contributed by atoms with Crippen LogP contribution in [0, 0.1) is 17.8 Å². The molecule has 1 aliphatic carbocycles. The third-order valence-corrected chi connectivity index (χ3v) is 5.74. The Morgan fingerprint density at radius 1 is 1.11 bits per heavy atom. The van der Waals surface area contributed by atoms with Gasteiger partial charge in [0.2, 0.25) is 0 Å². The lowest BCUT2D eigenvalue weighted by atomic mass is 9.71. The van der Waals surface area contributed by atoms with Crippen LogP contribution in [0.3, 0.4) is 0 Å². The van der Waals surface area contributed by atoms with Gasteiger partial charge in [0.25, 0.3) is 0 Å². The number of aliphatic hydroxyl groups is 1. The summed E-state index contributed by atoms with van der Waals surface area (Å²) in [6.07, 6.45) is 5.69. The first-order valence-corrected chi connectivity index (χ1v) is 9.97. The lowest BCUT2D eigenvalue weighted by Crippen LogP contribution is -2.29. The summed E-state index contributed by atoms with van der Waals surface area (Å²) >= 11 is 0.